The molecule has 7 nitrogen and oxygen atoms in total. The second kappa shape index (κ2) is 7.91. The molecule has 1 rings (SSSR count). The van der Waals surface area contributed by atoms with Gasteiger partial charge in [0.25, 0.3) is 5.91 Å². The molecule has 0 unspecified atom stereocenters. The van der Waals surface area contributed by atoms with Gasteiger partial charge < -0.3 is 21.0 Å². The lowest BCUT2D eigenvalue weighted by Crippen LogP contribution is -2.25. The highest BCUT2D eigenvalue weighted by Gasteiger charge is 2.11. The molecule has 0 aliphatic rings. The zero-order valence-corrected chi connectivity index (χ0v) is 10.8. The SMILES string of the molecule is COc1ncccc1C(=O)NCCCCC(N)=NO. The fourth-order valence-electron chi connectivity index (χ4n) is 1.50. The molecule has 1 aromatic rings. The first kappa shape index (κ1) is 14.7. The quantitative estimate of drug-likeness (QED) is 0.222. The maximum atomic E-state index is 11.9. The maximum Gasteiger partial charge on any atom is 0.256 e. The van der Waals surface area contributed by atoms with Gasteiger partial charge in [-0.3, -0.25) is 4.79 Å². The number of pyridine rings is 1. The summed E-state index contributed by atoms with van der Waals surface area (Å²) in [6.45, 7) is 0.510. The van der Waals surface area contributed by atoms with Gasteiger partial charge in [0.1, 0.15) is 11.4 Å². The van der Waals surface area contributed by atoms with Crippen LogP contribution in [0, 0.1) is 0 Å². The van der Waals surface area contributed by atoms with E-state index in [1.807, 2.05) is 0 Å². The number of nitrogens with one attached hydrogen (secondary N) is 1. The van der Waals surface area contributed by atoms with Crippen LogP contribution in [0.1, 0.15) is 29.6 Å². The number of nitrogens with zero attached hydrogens (tertiary/aromatic N) is 2. The van der Waals surface area contributed by atoms with Crippen LogP contribution in [0.5, 0.6) is 5.88 Å². The molecule has 0 aromatic carbocycles. The van der Waals surface area contributed by atoms with Crippen molar-refractivity contribution in [1.82, 2.24) is 10.3 Å². The van der Waals surface area contributed by atoms with Crippen LogP contribution >= 0.6 is 0 Å². The summed E-state index contributed by atoms with van der Waals surface area (Å²) in [6.07, 6.45) is 3.54. The highest BCUT2D eigenvalue weighted by molar-refractivity contribution is 5.96. The van der Waals surface area contributed by atoms with Crippen molar-refractivity contribution >= 4 is 11.7 Å². The number of amides is 1. The van der Waals surface area contributed by atoms with Crippen LogP contribution in [0.25, 0.3) is 0 Å². The molecule has 19 heavy (non-hydrogen) atoms. The molecular weight excluding hydrogens is 248 g/mol. The number of oxime groups is 1. The molecule has 0 saturated heterocycles. The first-order valence-electron chi connectivity index (χ1n) is 5.92. The Morgan fingerprint density at radius 1 is 1.58 bits per heavy atom. The molecule has 0 spiro atoms. The van der Waals surface area contributed by atoms with Gasteiger partial charge in [-0.2, -0.15) is 0 Å². The zero-order valence-electron chi connectivity index (χ0n) is 10.8. The van der Waals surface area contributed by atoms with E-state index in [2.05, 4.69) is 15.5 Å². The summed E-state index contributed by atoms with van der Waals surface area (Å²) >= 11 is 0. The predicted molar refractivity (Wildman–Crippen MR) is 70.4 cm³/mol. The number of carbonyl (C=O) groups is 1. The summed E-state index contributed by atoms with van der Waals surface area (Å²) in [6, 6.07) is 3.33. The van der Waals surface area contributed by atoms with Crippen LogP contribution in [0.4, 0.5) is 0 Å². The molecule has 7 heteroatoms. The number of methoxy groups -OCH3 is 1. The summed E-state index contributed by atoms with van der Waals surface area (Å²) in [7, 11) is 1.47. The summed E-state index contributed by atoms with van der Waals surface area (Å²) < 4.78 is 5.01. The number of nitrogens with two attached hydrogens (primary N) is 1. The largest absolute Gasteiger partial charge is 0.480 e. The molecule has 104 valence electrons. The number of ether oxygens (including phenoxy) is 1. The molecule has 0 aliphatic heterocycles. The first-order valence-corrected chi connectivity index (χ1v) is 5.92. The molecule has 0 aliphatic carbocycles. The Balaban J connectivity index is 2.35. The topological polar surface area (TPSA) is 110 Å². The summed E-state index contributed by atoms with van der Waals surface area (Å²) in [4.78, 5) is 15.8. The summed E-state index contributed by atoms with van der Waals surface area (Å²) in [5.41, 5.74) is 5.74. The van der Waals surface area contributed by atoms with Gasteiger partial charge in [0.15, 0.2) is 0 Å². The van der Waals surface area contributed by atoms with E-state index in [0.29, 0.717) is 24.4 Å². The third kappa shape index (κ3) is 4.82. The maximum absolute atomic E-state index is 11.9. The van der Waals surface area contributed by atoms with Crippen LogP contribution in [-0.2, 0) is 0 Å². The van der Waals surface area contributed by atoms with Crippen molar-refractivity contribution in [2.24, 2.45) is 10.9 Å². The van der Waals surface area contributed by atoms with Gasteiger partial charge in [-0.05, 0) is 25.0 Å². The van der Waals surface area contributed by atoms with E-state index in [0.717, 1.165) is 12.8 Å². The molecule has 0 atom stereocenters. The van der Waals surface area contributed by atoms with E-state index in [4.69, 9.17) is 15.7 Å². The number of hydrogen-bond donors (Lipinski definition) is 3. The second-order valence-corrected chi connectivity index (χ2v) is 3.86. The Morgan fingerprint density at radius 2 is 2.37 bits per heavy atom. The Labute approximate surface area is 111 Å². The number of carbonyl (C=O) groups excluding carboxylic acids is 1. The Bertz CT molecular complexity index is 448. The van der Waals surface area contributed by atoms with Gasteiger partial charge in [-0.25, -0.2) is 4.98 Å². The second-order valence-electron chi connectivity index (χ2n) is 3.86. The van der Waals surface area contributed by atoms with Crippen molar-refractivity contribution < 1.29 is 14.7 Å². The molecule has 0 fully saturated rings. The number of hydrogen-bond acceptors (Lipinski definition) is 5. The summed E-state index contributed by atoms with van der Waals surface area (Å²) in [5.74, 6) is 0.269. The van der Waals surface area contributed by atoms with Gasteiger partial charge >= 0.3 is 0 Å². The standard InChI is InChI=1S/C12H18N4O3/c1-19-12-9(5-4-8-15-12)11(17)14-7-3-2-6-10(13)16-18/h4-5,8,18H,2-3,6-7H2,1H3,(H2,13,16)(H,14,17). The van der Waals surface area contributed by atoms with Gasteiger partial charge in [0.05, 0.1) is 7.11 Å². The minimum atomic E-state index is -0.228. The van der Waals surface area contributed by atoms with E-state index >= 15 is 0 Å². The molecule has 1 amide bonds. The fourth-order valence-corrected chi connectivity index (χ4v) is 1.50. The minimum Gasteiger partial charge on any atom is -0.480 e. The number of unbranched alkanes of at least 4 members (excludes halogenated alkanes) is 1. The number of amidine groups is 1. The molecule has 0 bridgehead atoms. The Kier molecular flexibility index (Phi) is 6.14. The zero-order chi connectivity index (χ0) is 14.1. The Morgan fingerprint density at radius 3 is 3.05 bits per heavy atom. The molecule has 1 heterocycles. The van der Waals surface area contributed by atoms with Gasteiger partial charge in [0.2, 0.25) is 5.88 Å². The monoisotopic (exact) mass is 266 g/mol. The van der Waals surface area contributed by atoms with Crippen LogP contribution in [0.3, 0.4) is 0 Å². The van der Waals surface area contributed by atoms with Crippen molar-refractivity contribution in [3.05, 3.63) is 23.9 Å². The fraction of sp³-hybridized carbons (Fsp3) is 0.417. The van der Waals surface area contributed by atoms with Gasteiger partial charge in [-0.1, -0.05) is 5.16 Å². The summed E-state index contributed by atoms with van der Waals surface area (Å²) in [5, 5.41) is 14.0. The number of aromatic nitrogens is 1. The molecule has 0 saturated carbocycles. The van der Waals surface area contributed by atoms with Crippen LogP contribution in [0.15, 0.2) is 23.5 Å². The van der Waals surface area contributed by atoms with E-state index in [1.165, 1.54) is 7.11 Å². The normalized spacial score (nSPS) is 11.1. The van der Waals surface area contributed by atoms with Crippen molar-refractivity contribution in [2.45, 2.75) is 19.3 Å². The average molecular weight is 266 g/mol. The third-order valence-electron chi connectivity index (χ3n) is 2.48. The van der Waals surface area contributed by atoms with E-state index in [-0.39, 0.29) is 11.7 Å². The van der Waals surface area contributed by atoms with Crippen LogP contribution in [0.2, 0.25) is 0 Å². The molecule has 4 N–H and O–H groups in total. The smallest absolute Gasteiger partial charge is 0.256 e. The van der Waals surface area contributed by atoms with Gasteiger partial charge in [0, 0.05) is 19.2 Å². The highest BCUT2D eigenvalue weighted by Crippen LogP contribution is 2.12. The average Bonchev–Trinajstić information content (AvgIpc) is 2.46. The van der Waals surface area contributed by atoms with Crippen LogP contribution in [-0.4, -0.2) is 35.6 Å². The van der Waals surface area contributed by atoms with Crippen molar-refractivity contribution in [2.75, 3.05) is 13.7 Å². The van der Waals surface area contributed by atoms with E-state index < -0.39 is 0 Å². The predicted octanol–water partition coefficient (Wildman–Crippen LogP) is 0.737. The number of rotatable bonds is 7. The molecule has 0 radical (unpaired) electrons. The van der Waals surface area contributed by atoms with E-state index in [1.54, 1.807) is 18.3 Å². The lowest BCUT2D eigenvalue weighted by molar-refractivity contribution is 0.0949. The first-order chi connectivity index (χ1) is 9.19. The van der Waals surface area contributed by atoms with Crippen molar-refractivity contribution in [3.63, 3.8) is 0 Å². The van der Waals surface area contributed by atoms with Gasteiger partial charge in [-0.15, -0.1) is 0 Å². The minimum absolute atomic E-state index is 0.195. The lowest BCUT2D eigenvalue weighted by Gasteiger charge is -2.07. The molecular formula is C12H18N4O3. The van der Waals surface area contributed by atoms with E-state index in [9.17, 15) is 4.79 Å². The Hall–Kier alpha value is -2.31. The lowest BCUT2D eigenvalue weighted by atomic mass is 10.2. The highest BCUT2D eigenvalue weighted by atomic mass is 16.5. The van der Waals surface area contributed by atoms with Crippen LogP contribution < -0.4 is 15.8 Å². The third-order valence-corrected chi connectivity index (χ3v) is 2.48. The van der Waals surface area contributed by atoms with Crippen molar-refractivity contribution in [3.8, 4) is 5.88 Å². The van der Waals surface area contributed by atoms with Crippen molar-refractivity contribution in [1.29, 1.82) is 0 Å². The molecule has 1 aromatic heterocycles.